The summed E-state index contributed by atoms with van der Waals surface area (Å²) in [6.07, 6.45) is -0.909. The lowest BCUT2D eigenvalue weighted by atomic mass is 10.1. The van der Waals surface area contributed by atoms with Gasteiger partial charge in [0.05, 0.1) is 40.2 Å². The highest BCUT2D eigenvalue weighted by Gasteiger charge is 2.14. The number of amides is 2. The average molecular weight is 376 g/mol. The lowest BCUT2D eigenvalue weighted by Crippen LogP contribution is -2.32. The first-order valence-electron chi connectivity index (χ1n) is 8.19. The van der Waals surface area contributed by atoms with Gasteiger partial charge in [0.25, 0.3) is 0 Å². The zero-order valence-corrected chi connectivity index (χ0v) is 15.7. The molecule has 146 valence electrons. The number of benzene rings is 2. The zero-order valence-electron chi connectivity index (χ0n) is 15.7. The largest absolute Gasteiger partial charge is 0.497 e. The Kier molecular flexibility index (Phi) is 7.13. The number of ether oxygens (including phenoxy) is 4. The highest BCUT2D eigenvalue weighted by molar-refractivity contribution is 5.91. The summed E-state index contributed by atoms with van der Waals surface area (Å²) in [4.78, 5) is 12.1. The Morgan fingerprint density at radius 1 is 0.926 bits per heavy atom. The number of aliphatic hydroxyl groups excluding tert-OH is 1. The maximum absolute atomic E-state index is 12.1. The number of hydrogen-bond acceptors (Lipinski definition) is 6. The minimum absolute atomic E-state index is 0.0137. The summed E-state index contributed by atoms with van der Waals surface area (Å²) >= 11 is 0. The van der Waals surface area contributed by atoms with Crippen molar-refractivity contribution >= 4 is 11.7 Å². The normalized spacial score (nSPS) is 11.3. The van der Waals surface area contributed by atoms with Gasteiger partial charge in [-0.15, -0.1) is 0 Å². The minimum Gasteiger partial charge on any atom is -0.497 e. The topological polar surface area (TPSA) is 98.3 Å². The van der Waals surface area contributed by atoms with Crippen LogP contribution in [0, 0.1) is 0 Å². The van der Waals surface area contributed by atoms with E-state index in [1.807, 2.05) is 0 Å². The van der Waals surface area contributed by atoms with Gasteiger partial charge in [-0.3, -0.25) is 0 Å². The molecule has 0 bridgehead atoms. The zero-order chi connectivity index (χ0) is 19.8. The summed E-state index contributed by atoms with van der Waals surface area (Å²) in [6, 6.07) is 9.62. The van der Waals surface area contributed by atoms with E-state index in [4.69, 9.17) is 18.9 Å². The highest BCUT2D eigenvalue weighted by atomic mass is 16.5. The lowest BCUT2D eigenvalue weighted by Gasteiger charge is -2.16. The number of carbonyl (C=O) groups is 1. The number of carbonyl (C=O) groups excluding carboxylic acids is 1. The molecule has 0 saturated heterocycles. The summed E-state index contributed by atoms with van der Waals surface area (Å²) < 4.78 is 20.7. The van der Waals surface area contributed by atoms with Crippen molar-refractivity contribution in [1.82, 2.24) is 5.32 Å². The molecule has 0 radical (unpaired) electrons. The van der Waals surface area contributed by atoms with E-state index in [2.05, 4.69) is 10.6 Å². The monoisotopic (exact) mass is 376 g/mol. The van der Waals surface area contributed by atoms with E-state index in [0.717, 1.165) is 0 Å². The predicted octanol–water partition coefficient (Wildman–Crippen LogP) is 2.58. The summed E-state index contributed by atoms with van der Waals surface area (Å²) in [5.74, 6) is 2.14. The third-order valence-electron chi connectivity index (χ3n) is 3.91. The first-order chi connectivity index (χ1) is 13.0. The average Bonchev–Trinajstić information content (AvgIpc) is 2.71. The van der Waals surface area contributed by atoms with Gasteiger partial charge in [-0.2, -0.15) is 0 Å². The molecule has 1 unspecified atom stereocenters. The Bertz CT molecular complexity index is 781. The van der Waals surface area contributed by atoms with E-state index in [0.29, 0.717) is 34.2 Å². The van der Waals surface area contributed by atoms with Gasteiger partial charge in [-0.05, 0) is 29.8 Å². The van der Waals surface area contributed by atoms with Crippen molar-refractivity contribution in [3.05, 3.63) is 42.0 Å². The standard InChI is InChI=1S/C19H24N2O6/c1-24-13-6-7-14(17(10-13)26-3)21-19(23)20-11-15(22)12-5-8-16(25-2)18(9-12)27-4/h5-10,15,22H,11H2,1-4H3,(H2,20,21,23). The van der Waals surface area contributed by atoms with E-state index >= 15 is 0 Å². The number of methoxy groups -OCH3 is 4. The van der Waals surface area contributed by atoms with Gasteiger partial charge in [0.1, 0.15) is 11.5 Å². The molecule has 1 atom stereocenters. The molecule has 27 heavy (non-hydrogen) atoms. The molecule has 2 amide bonds. The smallest absolute Gasteiger partial charge is 0.319 e. The van der Waals surface area contributed by atoms with Crippen molar-refractivity contribution in [1.29, 1.82) is 0 Å². The fraction of sp³-hybridized carbons (Fsp3) is 0.316. The Morgan fingerprint density at radius 3 is 2.26 bits per heavy atom. The first-order valence-corrected chi connectivity index (χ1v) is 8.19. The molecule has 0 heterocycles. The Morgan fingerprint density at radius 2 is 1.63 bits per heavy atom. The molecule has 0 saturated carbocycles. The second kappa shape index (κ2) is 9.54. The quantitative estimate of drug-likeness (QED) is 0.655. The van der Waals surface area contributed by atoms with Crippen molar-refractivity contribution in [3.8, 4) is 23.0 Å². The second-order valence-corrected chi connectivity index (χ2v) is 5.53. The van der Waals surface area contributed by atoms with Crippen LogP contribution in [0.15, 0.2) is 36.4 Å². The van der Waals surface area contributed by atoms with Crippen LogP contribution in [0.2, 0.25) is 0 Å². The number of anilines is 1. The van der Waals surface area contributed by atoms with Crippen molar-refractivity contribution in [2.45, 2.75) is 6.10 Å². The highest BCUT2D eigenvalue weighted by Crippen LogP contribution is 2.30. The van der Waals surface area contributed by atoms with Crippen LogP contribution >= 0.6 is 0 Å². The molecule has 8 nitrogen and oxygen atoms in total. The van der Waals surface area contributed by atoms with E-state index < -0.39 is 12.1 Å². The Balaban J connectivity index is 1.97. The molecule has 3 N–H and O–H groups in total. The number of urea groups is 1. The Labute approximate surface area is 158 Å². The van der Waals surface area contributed by atoms with Gasteiger partial charge in [-0.1, -0.05) is 6.07 Å². The van der Waals surface area contributed by atoms with Crippen LogP contribution in [0.1, 0.15) is 11.7 Å². The molecule has 0 aromatic heterocycles. The number of aliphatic hydroxyl groups is 1. The molecule has 2 aromatic rings. The van der Waals surface area contributed by atoms with Gasteiger partial charge < -0.3 is 34.7 Å². The molecule has 0 aliphatic rings. The van der Waals surface area contributed by atoms with Crippen molar-refractivity contribution < 1.29 is 28.8 Å². The fourth-order valence-corrected chi connectivity index (χ4v) is 2.44. The van der Waals surface area contributed by atoms with Crippen LogP contribution in [0.25, 0.3) is 0 Å². The van der Waals surface area contributed by atoms with Crippen LogP contribution in [0.3, 0.4) is 0 Å². The minimum atomic E-state index is -0.909. The van der Waals surface area contributed by atoms with E-state index in [1.54, 1.807) is 43.5 Å². The van der Waals surface area contributed by atoms with Crippen LogP contribution in [-0.4, -0.2) is 46.1 Å². The van der Waals surface area contributed by atoms with E-state index in [9.17, 15) is 9.90 Å². The molecule has 8 heteroatoms. The van der Waals surface area contributed by atoms with Crippen molar-refractivity contribution in [2.75, 3.05) is 40.3 Å². The van der Waals surface area contributed by atoms with Crippen LogP contribution < -0.4 is 29.6 Å². The molecular weight excluding hydrogens is 352 g/mol. The lowest BCUT2D eigenvalue weighted by molar-refractivity contribution is 0.174. The molecule has 0 fully saturated rings. The van der Waals surface area contributed by atoms with Gasteiger partial charge in [-0.25, -0.2) is 4.79 Å². The van der Waals surface area contributed by atoms with Crippen LogP contribution in [0.4, 0.5) is 10.5 Å². The Hall–Kier alpha value is -3.13. The summed E-state index contributed by atoms with van der Waals surface area (Å²) in [5.41, 5.74) is 1.08. The molecule has 2 aromatic carbocycles. The molecule has 0 spiro atoms. The van der Waals surface area contributed by atoms with E-state index in [1.165, 1.54) is 21.3 Å². The number of hydrogen-bond donors (Lipinski definition) is 3. The third kappa shape index (κ3) is 5.18. The summed E-state index contributed by atoms with van der Waals surface area (Å²) in [6.45, 7) is 0.0137. The first kappa shape index (κ1) is 20.2. The van der Waals surface area contributed by atoms with E-state index in [-0.39, 0.29) is 6.54 Å². The fourth-order valence-electron chi connectivity index (χ4n) is 2.44. The second-order valence-electron chi connectivity index (χ2n) is 5.53. The number of rotatable bonds is 8. The maximum atomic E-state index is 12.1. The van der Waals surface area contributed by atoms with Crippen LogP contribution in [0.5, 0.6) is 23.0 Å². The third-order valence-corrected chi connectivity index (χ3v) is 3.91. The van der Waals surface area contributed by atoms with Gasteiger partial charge in [0.2, 0.25) is 0 Å². The van der Waals surface area contributed by atoms with Gasteiger partial charge in [0, 0.05) is 12.6 Å². The predicted molar refractivity (Wildman–Crippen MR) is 101 cm³/mol. The van der Waals surface area contributed by atoms with Crippen molar-refractivity contribution in [3.63, 3.8) is 0 Å². The summed E-state index contributed by atoms with van der Waals surface area (Å²) in [5, 5.41) is 15.6. The molecule has 0 aliphatic carbocycles. The molecule has 0 aliphatic heterocycles. The van der Waals surface area contributed by atoms with Gasteiger partial charge >= 0.3 is 6.03 Å². The maximum Gasteiger partial charge on any atom is 0.319 e. The van der Waals surface area contributed by atoms with Gasteiger partial charge in [0.15, 0.2) is 11.5 Å². The summed E-state index contributed by atoms with van der Waals surface area (Å²) in [7, 11) is 6.10. The molecular formula is C19H24N2O6. The molecule has 2 rings (SSSR count). The van der Waals surface area contributed by atoms with Crippen LogP contribution in [-0.2, 0) is 0 Å². The van der Waals surface area contributed by atoms with Crippen molar-refractivity contribution in [2.24, 2.45) is 0 Å². The number of nitrogens with one attached hydrogen (secondary N) is 2. The SMILES string of the molecule is COc1ccc(NC(=O)NCC(O)c2ccc(OC)c(OC)c2)c(OC)c1.